The molecule has 0 aromatic carbocycles. The molecule has 1 heterocycles. The van der Waals surface area contributed by atoms with Crippen LogP contribution in [0.5, 0.6) is 0 Å². The van der Waals surface area contributed by atoms with Gasteiger partial charge in [0.05, 0.1) is 7.11 Å². The number of nitrogens with one attached hydrogen (secondary N) is 1. The summed E-state index contributed by atoms with van der Waals surface area (Å²) in [6.45, 7) is 2.70. The largest absolute Gasteiger partial charge is 0.467 e. The van der Waals surface area contributed by atoms with E-state index in [9.17, 15) is 19.2 Å². The third-order valence-electron chi connectivity index (χ3n) is 4.89. The quantitative estimate of drug-likeness (QED) is 0.591. The number of nitrogens with zero attached hydrogens (tertiary/aromatic N) is 2. The summed E-state index contributed by atoms with van der Waals surface area (Å²) in [6, 6.07) is -0.547. The first-order valence-corrected chi connectivity index (χ1v) is 7.65. The topological polar surface area (TPSA) is 96.0 Å². The number of hydrogen-bond donors (Lipinski definition) is 1. The SMILES string of the molecule is COC(=O)C(C)(C)N(C)C(=O)CN1C(=O)NC2(CCCC2)C1=O. The van der Waals surface area contributed by atoms with Gasteiger partial charge in [-0.15, -0.1) is 0 Å². The standard InChI is InChI=1S/C15H23N3O5/c1-14(2,12(21)23-4)17(3)10(19)9-18-11(20)15(16-13(18)22)7-5-6-8-15/h5-9H2,1-4H3,(H,16,22). The number of urea groups is 1. The molecule has 0 atom stereocenters. The lowest BCUT2D eigenvalue weighted by Crippen LogP contribution is -2.54. The molecule has 8 nitrogen and oxygen atoms in total. The van der Waals surface area contributed by atoms with Crippen molar-refractivity contribution in [3.05, 3.63) is 0 Å². The predicted molar refractivity (Wildman–Crippen MR) is 80.3 cm³/mol. The summed E-state index contributed by atoms with van der Waals surface area (Å²) in [5, 5.41) is 2.72. The van der Waals surface area contributed by atoms with Gasteiger partial charge >= 0.3 is 12.0 Å². The van der Waals surface area contributed by atoms with Crippen molar-refractivity contribution < 1.29 is 23.9 Å². The number of rotatable bonds is 4. The maximum atomic E-state index is 12.5. The summed E-state index contributed by atoms with van der Waals surface area (Å²) >= 11 is 0. The molecule has 0 radical (unpaired) electrons. The molecule has 2 fully saturated rings. The van der Waals surface area contributed by atoms with Crippen LogP contribution in [-0.4, -0.2) is 65.4 Å². The molecule has 1 aliphatic heterocycles. The fourth-order valence-electron chi connectivity index (χ4n) is 3.08. The van der Waals surface area contributed by atoms with Gasteiger partial charge in [-0.25, -0.2) is 9.59 Å². The van der Waals surface area contributed by atoms with E-state index < -0.39 is 29.0 Å². The lowest BCUT2D eigenvalue weighted by atomic mass is 9.98. The molecule has 1 saturated carbocycles. The van der Waals surface area contributed by atoms with Crippen molar-refractivity contribution in [2.24, 2.45) is 0 Å². The Balaban J connectivity index is 2.10. The van der Waals surface area contributed by atoms with Gasteiger partial charge in [0.1, 0.15) is 17.6 Å². The Kier molecular flexibility index (Phi) is 4.37. The number of imide groups is 1. The van der Waals surface area contributed by atoms with E-state index in [2.05, 4.69) is 10.1 Å². The van der Waals surface area contributed by atoms with Gasteiger partial charge in [0.2, 0.25) is 5.91 Å². The molecule has 8 heteroatoms. The van der Waals surface area contributed by atoms with Gasteiger partial charge < -0.3 is 15.0 Å². The average molecular weight is 325 g/mol. The molecule has 1 N–H and O–H groups in total. The van der Waals surface area contributed by atoms with Crippen molar-refractivity contribution in [3.63, 3.8) is 0 Å². The summed E-state index contributed by atoms with van der Waals surface area (Å²) in [6.07, 6.45) is 2.96. The molecule has 1 saturated heterocycles. The zero-order chi connectivity index (χ0) is 17.4. The van der Waals surface area contributed by atoms with Crippen LogP contribution in [0.15, 0.2) is 0 Å². The summed E-state index contributed by atoms with van der Waals surface area (Å²) in [7, 11) is 2.69. The number of ether oxygens (including phenoxy) is 1. The highest BCUT2D eigenvalue weighted by molar-refractivity contribution is 6.09. The van der Waals surface area contributed by atoms with Gasteiger partial charge in [0, 0.05) is 7.05 Å². The molecular weight excluding hydrogens is 302 g/mol. The van der Waals surface area contributed by atoms with E-state index in [-0.39, 0.29) is 12.5 Å². The van der Waals surface area contributed by atoms with Gasteiger partial charge in [-0.3, -0.25) is 14.5 Å². The Morgan fingerprint density at radius 1 is 1.30 bits per heavy atom. The van der Waals surface area contributed by atoms with Crippen LogP contribution in [0.1, 0.15) is 39.5 Å². The van der Waals surface area contributed by atoms with Gasteiger partial charge in [-0.05, 0) is 26.7 Å². The van der Waals surface area contributed by atoms with Crippen LogP contribution >= 0.6 is 0 Å². The van der Waals surface area contributed by atoms with Crippen molar-refractivity contribution in [1.82, 2.24) is 15.1 Å². The van der Waals surface area contributed by atoms with E-state index in [1.54, 1.807) is 13.8 Å². The first-order chi connectivity index (χ1) is 10.7. The molecule has 23 heavy (non-hydrogen) atoms. The molecule has 128 valence electrons. The van der Waals surface area contributed by atoms with Crippen molar-refractivity contribution in [2.75, 3.05) is 20.7 Å². The predicted octanol–water partition coefficient (Wildman–Crippen LogP) is 0.261. The Hall–Kier alpha value is -2.12. The molecule has 1 spiro atoms. The molecule has 2 aliphatic rings. The van der Waals surface area contributed by atoms with Crippen molar-refractivity contribution in [1.29, 1.82) is 0 Å². The van der Waals surface area contributed by atoms with Crippen LogP contribution in [0.3, 0.4) is 0 Å². The van der Waals surface area contributed by atoms with Crippen LogP contribution in [0.25, 0.3) is 0 Å². The van der Waals surface area contributed by atoms with Crippen molar-refractivity contribution in [2.45, 2.75) is 50.6 Å². The van der Waals surface area contributed by atoms with E-state index in [0.29, 0.717) is 12.8 Å². The first-order valence-electron chi connectivity index (χ1n) is 7.65. The van der Waals surface area contributed by atoms with Crippen LogP contribution in [0.2, 0.25) is 0 Å². The van der Waals surface area contributed by atoms with E-state index in [0.717, 1.165) is 17.7 Å². The smallest absolute Gasteiger partial charge is 0.331 e. The third kappa shape index (κ3) is 2.77. The molecule has 0 bridgehead atoms. The molecule has 4 amide bonds. The molecule has 0 aromatic heterocycles. The lowest BCUT2D eigenvalue weighted by Gasteiger charge is -2.33. The third-order valence-corrected chi connectivity index (χ3v) is 4.89. The maximum Gasteiger partial charge on any atom is 0.331 e. The van der Waals surface area contributed by atoms with E-state index in [1.165, 1.54) is 19.1 Å². The molecule has 2 rings (SSSR count). The number of likely N-dealkylation sites (N-methyl/N-ethyl adjacent to an activating group) is 1. The Morgan fingerprint density at radius 2 is 1.87 bits per heavy atom. The Labute approximate surface area is 135 Å². The summed E-state index contributed by atoms with van der Waals surface area (Å²) in [4.78, 5) is 50.9. The van der Waals surface area contributed by atoms with Gasteiger partial charge in [-0.1, -0.05) is 12.8 Å². The fourth-order valence-corrected chi connectivity index (χ4v) is 3.08. The minimum absolute atomic E-state index is 0.349. The number of methoxy groups -OCH3 is 1. The summed E-state index contributed by atoms with van der Waals surface area (Å²) < 4.78 is 4.68. The van der Waals surface area contributed by atoms with Crippen LogP contribution in [0.4, 0.5) is 4.79 Å². The first kappa shape index (κ1) is 17.2. The number of hydrogen-bond acceptors (Lipinski definition) is 5. The van der Waals surface area contributed by atoms with Gasteiger partial charge in [0.15, 0.2) is 0 Å². The average Bonchev–Trinajstić information content (AvgIpc) is 3.06. The van der Waals surface area contributed by atoms with E-state index >= 15 is 0 Å². The highest BCUT2D eigenvalue weighted by atomic mass is 16.5. The zero-order valence-electron chi connectivity index (χ0n) is 14.0. The second-order valence-electron chi connectivity index (χ2n) is 6.61. The number of esters is 1. The molecular formula is C15H23N3O5. The Bertz CT molecular complexity index is 551. The minimum Gasteiger partial charge on any atom is -0.467 e. The normalized spacial score (nSPS) is 19.9. The van der Waals surface area contributed by atoms with Crippen molar-refractivity contribution in [3.8, 4) is 0 Å². The second kappa shape index (κ2) is 5.82. The maximum absolute atomic E-state index is 12.5. The van der Waals surface area contributed by atoms with Crippen LogP contribution in [-0.2, 0) is 19.1 Å². The number of carbonyl (C=O) groups is 4. The fraction of sp³-hybridized carbons (Fsp3) is 0.733. The highest BCUT2D eigenvalue weighted by Crippen LogP contribution is 2.35. The molecule has 0 aromatic rings. The van der Waals surface area contributed by atoms with Crippen molar-refractivity contribution >= 4 is 23.8 Å². The van der Waals surface area contributed by atoms with E-state index in [4.69, 9.17) is 0 Å². The Morgan fingerprint density at radius 3 is 2.39 bits per heavy atom. The summed E-state index contributed by atoms with van der Waals surface area (Å²) in [5.74, 6) is -1.42. The zero-order valence-corrected chi connectivity index (χ0v) is 14.0. The van der Waals surface area contributed by atoms with Crippen LogP contribution in [0, 0.1) is 0 Å². The molecule has 0 unspecified atom stereocenters. The van der Waals surface area contributed by atoms with Crippen LogP contribution < -0.4 is 5.32 Å². The number of carbonyl (C=O) groups excluding carboxylic acids is 4. The van der Waals surface area contributed by atoms with E-state index in [1.807, 2.05) is 0 Å². The highest BCUT2D eigenvalue weighted by Gasteiger charge is 2.53. The van der Waals surface area contributed by atoms with Gasteiger partial charge in [0.25, 0.3) is 5.91 Å². The minimum atomic E-state index is -1.18. The molecule has 1 aliphatic carbocycles. The van der Waals surface area contributed by atoms with Gasteiger partial charge in [-0.2, -0.15) is 0 Å². The summed E-state index contributed by atoms with van der Waals surface area (Å²) in [5.41, 5.74) is -2.02. The lowest BCUT2D eigenvalue weighted by molar-refractivity contribution is -0.158. The number of amides is 4. The second-order valence-corrected chi connectivity index (χ2v) is 6.61. The monoisotopic (exact) mass is 325 g/mol.